The van der Waals surface area contributed by atoms with Crippen molar-refractivity contribution in [2.45, 2.75) is 26.5 Å². The molecule has 0 bridgehead atoms. The maximum atomic E-state index is 12.6. The van der Waals surface area contributed by atoms with E-state index >= 15 is 0 Å². The lowest BCUT2D eigenvalue weighted by Gasteiger charge is -2.13. The fraction of sp³-hybridized carbons (Fsp3) is 0.409. The number of guanidine groups is 1. The van der Waals surface area contributed by atoms with Gasteiger partial charge in [0.2, 0.25) is 0 Å². The fourth-order valence-electron chi connectivity index (χ4n) is 2.88. The van der Waals surface area contributed by atoms with E-state index in [9.17, 15) is 8.78 Å². The van der Waals surface area contributed by atoms with E-state index in [1.165, 1.54) is 13.2 Å². The molecule has 2 aromatic rings. The standard InChI is InChI=1S/C22H29F2N3O4.HI/c1-5-25-22(26-11-10-15-6-8-17(28-2)19(12-15)30-4)27-14-16-7-9-18(29-3)20(13-16)31-21(23)24;/h6-9,12-13,21H,5,10-11,14H2,1-4H3,(H2,25,26,27);1H. The lowest BCUT2D eigenvalue weighted by atomic mass is 10.1. The number of nitrogens with one attached hydrogen (secondary N) is 2. The van der Waals surface area contributed by atoms with Crippen LogP contribution in [0.2, 0.25) is 0 Å². The van der Waals surface area contributed by atoms with Gasteiger partial charge in [-0.3, -0.25) is 0 Å². The van der Waals surface area contributed by atoms with Crippen LogP contribution in [0.1, 0.15) is 18.1 Å². The van der Waals surface area contributed by atoms with Crippen molar-refractivity contribution in [3.63, 3.8) is 0 Å². The van der Waals surface area contributed by atoms with Gasteiger partial charge in [-0.15, -0.1) is 24.0 Å². The van der Waals surface area contributed by atoms with E-state index in [0.29, 0.717) is 36.1 Å². The lowest BCUT2D eigenvalue weighted by molar-refractivity contribution is -0.0512. The molecule has 7 nitrogen and oxygen atoms in total. The predicted octanol–water partition coefficient (Wildman–Crippen LogP) is 4.23. The normalized spacial score (nSPS) is 10.9. The van der Waals surface area contributed by atoms with Crippen molar-refractivity contribution in [2.75, 3.05) is 34.4 Å². The second kappa shape index (κ2) is 14.5. The van der Waals surface area contributed by atoms with Crippen LogP contribution in [0.5, 0.6) is 23.0 Å². The number of hydrogen-bond acceptors (Lipinski definition) is 5. The Bertz CT molecular complexity index is 869. The highest BCUT2D eigenvalue weighted by Crippen LogP contribution is 2.30. The van der Waals surface area contributed by atoms with Gasteiger partial charge >= 0.3 is 6.61 Å². The third kappa shape index (κ3) is 8.56. The smallest absolute Gasteiger partial charge is 0.387 e. The van der Waals surface area contributed by atoms with Gasteiger partial charge in [0.05, 0.1) is 27.9 Å². The zero-order valence-electron chi connectivity index (χ0n) is 18.6. The summed E-state index contributed by atoms with van der Waals surface area (Å²) in [6.07, 6.45) is 0.750. The van der Waals surface area contributed by atoms with E-state index in [2.05, 4.69) is 20.4 Å². The second-order valence-corrected chi connectivity index (χ2v) is 6.42. The first kappa shape index (κ1) is 27.5. The Morgan fingerprint density at radius 1 is 0.875 bits per heavy atom. The molecular weight excluding hydrogens is 535 g/mol. The highest BCUT2D eigenvalue weighted by atomic mass is 127. The van der Waals surface area contributed by atoms with Gasteiger partial charge in [-0.1, -0.05) is 12.1 Å². The number of methoxy groups -OCH3 is 3. The van der Waals surface area contributed by atoms with Gasteiger partial charge in [0.1, 0.15) is 0 Å². The molecule has 0 amide bonds. The summed E-state index contributed by atoms with van der Waals surface area (Å²) in [6, 6.07) is 10.6. The number of nitrogens with zero attached hydrogens (tertiary/aromatic N) is 1. The minimum atomic E-state index is -2.93. The molecule has 0 aliphatic carbocycles. The number of rotatable bonds is 11. The third-order valence-electron chi connectivity index (χ3n) is 4.36. The van der Waals surface area contributed by atoms with Crippen LogP contribution in [-0.2, 0) is 13.0 Å². The average molecular weight is 565 g/mol. The van der Waals surface area contributed by atoms with E-state index in [1.807, 2.05) is 25.1 Å². The van der Waals surface area contributed by atoms with E-state index in [4.69, 9.17) is 14.2 Å². The number of ether oxygens (including phenoxy) is 4. The quantitative estimate of drug-likeness (QED) is 0.242. The maximum Gasteiger partial charge on any atom is 0.387 e. The summed E-state index contributed by atoms with van der Waals surface area (Å²) in [7, 11) is 4.60. The number of aliphatic imine (C=N–C) groups is 1. The van der Waals surface area contributed by atoms with E-state index in [1.54, 1.807) is 26.4 Å². The second-order valence-electron chi connectivity index (χ2n) is 6.42. The molecule has 2 rings (SSSR count). The Kier molecular flexibility index (Phi) is 12.5. The van der Waals surface area contributed by atoms with Gasteiger partial charge in [0, 0.05) is 13.1 Å². The van der Waals surface area contributed by atoms with Crippen LogP contribution in [0.15, 0.2) is 41.4 Å². The molecule has 0 radical (unpaired) electrons. The molecule has 178 valence electrons. The summed E-state index contributed by atoms with van der Waals surface area (Å²) < 4.78 is 45.4. The first-order chi connectivity index (χ1) is 15.0. The molecule has 0 atom stereocenters. The Hall–Kier alpha value is -2.50. The summed E-state index contributed by atoms with van der Waals surface area (Å²) in [5.74, 6) is 2.21. The molecule has 2 aromatic carbocycles. The minimum Gasteiger partial charge on any atom is -0.493 e. The molecule has 0 aromatic heterocycles. The predicted molar refractivity (Wildman–Crippen MR) is 131 cm³/mol. The van der Waals surface area contributed by atoms with Crippen molar-refractivity contribution in [3.8, 4) is 23.0 Å². The Morgan fingerprint density at radius 3 is 2.06 bits per heavy atom. The van der Waals surface area contributed by atoms with Crippen molar-refractivity contribution in [2.24, 2.45) is 4.99 Å². The highest BCUT2D eigenvalue weighted by molar-refractivity contribution is 14.0. The van der Waals surface area contributed by atoms with Crippen LogP contribution in [0.25, 0.3) is 0 Å². The Balaban J connectivity index is 0.00000512. The number of hydrogen-bond donors (Lipinski definition) is 2. The molecule has 0 saturated heterocycles. The number of alkyl halides is 2. The zero-order valence-corrected chi connectivity index (χ0v) is 20.9. The van der Waals surface area contributed by atoms with Gasteiger partial charge in [-0.25, -0.2) is 4.99 Å². The Labute approximate surface area is 204 Å². The largest absolute Gasteiger partial charge is 0.493 e. The lowest BCUT2D eigenvalue weighted by Crippen LogP contribution is -2.38. The molecule has 0 saturated carbocycles. The maximum absolute atomic E-state index is 12.6. The fourth-order valence-corrected chi connectivity index (χ4v) is 2.88. The van der Waals surface area contributed by atoms with Crippen LogP contribution >= 0.6 is 24.0 Å². The molecule has 0 spiro atoms. The molecule has 0 unspecified atom stereocenters. The van der Waals surface area contributed by atoms with Crippen LogP contribution < -0.4 is 29.6 Å². The van der Waals surface area contributed by atoms with Crippen LogP contribution in [0, 0.1) is 0 Å². The van der Waals surface area contributed by atoms with E-state index in [-0.39, 0.29) is 42.0 Å². The van der Waals surface area contributed by atoms with Crippen molar-refractivity contribution in [3.05, 3.63) is 47.5 Å². The van der Waals surface area contributed by atoms with Crippen LogP contribution in [-0.4, -0.2) is 47.0 Å². The summed E-state index contributed by atoms with van der Waals surface area (Å²) in [4.78, 5) is 4.52. The van der Waals surface area contributed by atoms with Crippen LogP contribution in [0.3, 0.4) is 0 Å². The summed E-state index contributed by atoms with van der Waals surface area (Å²) >= 11 is 0. The number of halogens is 3. The molecule has 32 heavy (non-hydrogen) atoms. The van der Waals surface area contributed by atoms with Gasteiger partial charge in [-0.2, -0.15) is 8.78 Å². The highest BCUT2D eigenvalue weighted by Gasteiger charge is 2.11. The zero-order chi connectivity index (χ0) is 22.6. The average Bonchev–Trinajstić information content (AvgIpc) is 2.77. The summed E-state index contributed by atoms with van der Waals surface area (Å²) in [5.41, 5.74) is 1.80. The SMILES string of the molecule is CCNC(=NCc1ccc(OC)c(OC(F)F)c1)NCCc1ccc(OC)c(OC)c1.I. The van der Waals surface area contributed by atoms with E-state index < -0.39 is 6.61 Å². The summed E-state index contributed by atoms with van der Waals surface area (Å²) in [5, 5.41) is 6.43. The molecule has 0 fully saturated rings. The minimum absolute atomic E-state index is 0. The van der Waals surface area contributed by atoms with Crippen molar-refractivity contribution in [1.82, 2.24) is 10.6 Å². The topological polar surface area (TPSA) is 73.3 Å². The van der Waals surface area contributed by atoms with Crippen molar-refractivity contribution < 1.29 is 27.7 Å². The van der Waals surface area contributed by atoms with E-state index in [0.717, 1.165) is 12.0 Å². The molecule has 0 aliphatic rings. The van der Waals surface area contributed by atoms with Gasteiger partial charge in [0.15, 0.2) is 29.0 Å². The molecule has 0 heterocycles. The third-order valence-corrected chi connectivity index (χ3v) is 4.36. The first-order valence-electron chi connectivity index (χ1n) is 9.85. The molecular formula is C22H30F2IN3O4. The molecule has 10 heteroatoms. The summed E-state index contributed by atoms with van der Waals surface area (Å²) in [6.45, 7) is 0.653. The molecule has 0 aliphatic heterocycles. The Morgan fingerprint density at radius 2 is 1.47 bits per heavy atom. The monoisotopic (exact) mass is 565 g/mol. The van der Waals surface area contributed by atoms with Crippen molar-refractivity contribution in [1.29, 1.82) is 0 Å². The molecule has 2 N–H and O–H groups in total. The van der Waals surface area contributed by atoms with Gasteiger partial charge in [-0.05, 0) is 48.7 Å². The van der Waals surface area contributed by atoms with Gasteiger partial charge < -0.3 is 29.6 Å². The first-order valence-corrected chi connectivity index (χ1v) is 9.85. The van der Waals surface area contributed by atoms with Gasteiger partial charge in [0.25, 0.3) is 0 Å². The number of benzene rings is 2. The van der Waals surface area contributed by atoms with Crippen LogP contribution in [0.4, 0.5) is 8.78 Å². The van der Waals surface area contributed by atoms with Crippen molar-refractivity contribution >= 4 is 29.9 Å².